The average Bonchev–Trinajstić information content (AvgIpc) is 3.44. The molecule has 2 nitrogen and oxygen atoms in total. The first-order chi connectivity index (χ1) is 15.6. The van der Waals surface area contributed by atoms with Gasteiger partial charge in [0.1, 0.15) is 0 Å². The number of rotatable bonds is 4. The molecule has 0 bridgehead atoms. The first-order valence-corrected chi connectivity index (χ1v) is 12.8. The highest BCUT2D eigenvalue weighted by Gasteiger charge is 2.17. The molecule has 32 heavy (non-hydrogen) atoms. The molecule has 0 aliphatic heterocycles. The van der Waals surface area contributed by atoms with Crippen molar-refractivity contribution in [2.24, 2.45) is 0 Å². The van der Waals surface area contributed by atoms with Crippen LogP contribution in [0.2, 0.25) is 0 Å². The van der Waals surface area contributed by atoms with Gasteiger partial charge in [-0.05, 0) is 34.9 Å². The van der Waals surface area contributed by atoms with E-state index in [-0.39, 0.29) is 0 Å². The maximum Gasteiger partial charge on any atom is 0.0970 e. The van der Waals surface area contributed by atoms with Crippen molar-refractivity contribution in [3.05, 3.63) is 82.3 Å². The van der Waals surface area contributed by atoms with Crippen molar-refractivity contribution in [3.63, 3.8) is 0 Å². The van der Waals surface area contributed by atoms with Crippen LogP contribution in [0, 0.1) is 0 Å². The lowest BCUT2D eigenvalue weighted by Crippen LogP contribution is -1.98. The molecule has 4 heteroatoms. The van der Waals surface area contributed by atoms with Crippen LogP contribution in [-0.4, -0.2) is 9.97 Å². The standard InChI is InChI=1S/C28H24N2S2/c1-16(2)27-29-23-13-12-20-19(8-6-10-22(20)26(23)32-27)15-17(3)28-30-25-21-9-5-4-7-18(21)11-14-24(25)31-28/h4-14,16-17H,15H2,1-3H3. The molecule has 1 atom stereocenters. The minimum atomic E-state index is 0.361. The predicted octanol–water partition coefficient (Wildman–Crippen LogP) is 8.68. The number of thiazole rings is 2. The van der Waals surface area contributed by atoms with Gasteiger partial charge < -0.3 is 0 Å². The normalized spacial score (nSPS) is 13.1. The van der Waals surface area contributed by atoms with Gasteiger partial charge in [0.2, 0.25) is 0 Å². The van der Waals surface area contributed by atoms with Crippen molar-refractivity contribution in [1.29, 1.82) is 0 Å². The fourth-order valence-electron chi connectivity index (χ4n) is 4.56. The van der Waals surface area contributed by atoms with E-state index < -0.39 is 0 Å². The van der Waals surface area contributed by atoms with Crippen molar-refractivity contribution in [3.8, 4) is 0 Å². The van der Waals surface area contributed by atoms with Crippen molar-refractivity contribution in [2.45, 2.75) is 39.0 Å². The van der Waals surface area contributed by atoms with Crippen LogP contribution in [0.15, 0.2) is 66.7 Å². The molecule has 0 amide bonds. The van der Waals surface area contributed by atoms with Crippen molar-refractivity contribution in [2.75, 3.05) is 0 Å². The molecule has 0 saturated heterocycles. The van der Waals surface area contributed by atoms with Gasteiger partial charge in [-0.1, -0.05) is 75.4 Å². The maximum absolute atomic E-state index is 5.10. The van der Waals surface area contributed by atoms with E-state index in [0.29, 0.717) is 11.8 Å². The number of fused-ring (bicyclic) bond motifs is 6. The Labute approximate surface area is 195 Å². The van der Waals surface area contributed by atoms with Gasteiger partial charge in [0, 0.05) is 22.6 Å². The minimum Gasteiger partial charge on any atom is -0.241 e. The van der Waals surface area contributed by atoms with Crippen molar-refractivity contribution >= 4 is 64.7 Å². The number of nitrogens with zero attached hydrogens (tertiary/aromatic N) is 2. The Hall–Kier alpha value is -2.82. The molecule has 158 valence electrons. The summed E-state index contributed by atoms with van der Waals surface area (Å²) in [5.41, 5.74) is 3.65. The molecule has 1 unspecified atom stereocenters. The maximum atomic E-state index is 5.10. The lowest BCUT2D eigenvalue weighted by atomic mass is 9.96. The van der Waals surface area contributed by atoms with Crippen LogP contribution in [0.3, 0.4) is 0 Å². The summed E-state index contributed by atoms with van der Waals surface area (Å²) in [5, 5.41) is 7.61. The Morgan fingerprint density at radius 2 is 1.56 bits per heavy atom. The van der Waals surface area contributed by atoms with Gasteiger partial charge in [-0.15, -0.1) is 22.7 Å². The second-order valence-corrected chi connectivity index (χ2v) is 11.0. The van der Waals surface area contributed by atoms with Crippen LogP contribution in [0.5, 0.6) is 0 Å². The second-order valence-electron chi connectivity index (χ2n) is 8.92. The number of hydrogen-bond donors (Lipinski definition) is 0. The van der Waals surface area contributed by atoms with Crippen LogP contribution < -0.4 is 0 Å². The third kappa shape index (κ3) is 3.21. The smallest absolute Gasteiger partial charge is 0.0970 e. The lowest BCUT2D eigenvalue weighted by Gasteiger charge is -2.11. The summed E-state index contributed by atoms with van der Waals surface area (Å²) in [6.07, 6.45) is 0.983. The summed E-state index contributed by atoms with van der Waals surface area (Å²) >= 11 is 3.68. The van der Waals surface area contributed by atoms with E-state index in [9.17, 15) is 0 Å². The summed E-state index contributed by atoms with van der Waals surface area (Å²) in [6, 6.07) is 24.1. The Bertz CT molecular complexity index is 1610. The molecule has 2 aromatic heterocycles. The molecular formula is C28H24N2S2. The zero-order chi connectivity index (χ0) is 21.8. The summed E-state index contributed by atoms with van der Waals surface area (Å²) in [4.78, 5) is 9.96. The fourth-order valence-corrected chi connectivity index (χ4v) is 6.69. The van der Waals surface area contributed by atoms with Crippen molar-refractivity contribution in [1.82, 2.24) is 9.97 Å². The zero-order valence-electron chi connectivity index (χ0n) is 18.4. The highest BCUT2D eigenvalue weighted by Crippen LogP contribution is 2.37. The molecule has 0 aliphatic rings. The van der Waals surface area contributed by atoms with E-state index in [2.05, 4.69) is 87.5 Å². The first kappa shape index (κ1) is 19.8. The van der Waals surface area contributed by atoms with Gasteiger partial charge in [0.05, 0.1) is 30.4 Å². The molecular weight excluding hydrogens is 428 g/mol. The van der Waals surface area contributed by atoms with Crippen LogP contribution >= 0.6 is 22.7 Å². The van der Waals surface area contributed by atoms with Gasteiger partial charge >= 0.3 is 0 Å². The molecule has 6 rings (SSSR count). The predicted molar refractivity (Wildman–Crippen MR) is 140 cm³/mol. The summed E-state index contributed by atoms with van der Waals surface area (Å²) in [7, 11) is 0. The Balaban J connectivity index is 1.40. The van der Waals surface area contributed by atoms with Crippen LogP contribution in [0.1, 0.15) is 48.2 Å². The number of aromatic nitrogens is 2. The van der Waals surface area contributed by atoms with Crippen LogP contribution in [0.4, 0.5) is 0 Å². The topological polar surface area (TPSA) is 25.8 Å². The molecule has 0 fully saturated rings. The van der Waals surface area contributed by atoms with E-state index in [1.807, 2.05) is 22.7 Å². The highest BCUT2D eigenvalue weighted by atomic mass is 32.1. The molecule has 4 aromatic carbocycles. The Morgan fingerprint density at radius 3 is 2.44 bits per heavy atom. The second kappa shape index (κ2) is 7.65. The Morgan fingerprint density at radius 1 is 0.719 bits per heavy atom. The SMILES string of the molecule is CC(C)c1nc2ccc3c(CC(C)c4nc5c(ccc6ccccc65)s4)cccc3c2s1. The number of hydrogen-bond acceptors (Lipinski definition) is 4. The molecule has 0 aliphatic carbocycles. The van der Waals surface area contributed by atoms with E-state index >= 15 is 0 Å². The third-order valence-corrected chi connectivity index (χ3v) is 8.92. The summed E-state index contributed by atoms with van der Waals surface area (Å²) < 4.78 is 2.59. The zero-order valence-corrected chi connectivity index (χ0v) is 20.1. The van der Waals surface area contributed by atoms with Crippen molar-refractivity contribution < 1.29 is 0 Å². The number of benzene rings is 4. The third-order valence-electron chi connectivity index (χ3n) is 6.26. The quantitative estimate of drug-likeness (QED) is 0.267. The molecule has 0 N–H and O–H groups in total. The molecule has 0 radical (unpaired) electrons. The summed E-state index contributed by atoms with van der Waals surface area (Å²) in [6.45, 7) is 6.74. The van der Waals surface area contributed by atoms with E-state index in [1.54, 1.807) is 0 Å². The molecule has 6 aromatic rings. The fraction of sp³-hybridized carbons (Fsp3) is 0.214. The van der Waals surface area contributed by atoms with E-state index in [1.165, 1.54) is 46.5 Å². The van der Waals surface area contributed by atoms with E-state index in [4.69, 9.17) is 9.97 Å². The largest absolute Gasteiger partial charge is 0.241 e. The van der Waals surface area contributed by atoms with Gasteiger partial charge in [-0.3, -0.25) is 0 Å². The average molecular weight is 453 g/mol. The monoisotopic (exact) mass is 452 g/mol. The Kier molecular flexibility index (Phi) is 4.74. The molecule has 2 heterocycles. The highest BCUT2D eigenvalue weighted by molar-refractivity contribution is 7.19. The van der Waals surface area contributed by atoms with Gasteiger partial charge in [-0.25, -0.2) is 9.97 Å². The molecule has 0 spiro atoms. The van der Waals surface area contributed by atoms with Gasteiger partial charge in [0.15, 0.2) is 0 Å². The first-order valence-electron chi connectivity index (χ1n) is 11.2. The van der Waals surface area contributed by atoms with Crippen LogP contribution in [-0.2, 0) is 6.42 Å². The van der Waals surface area contributed by atoms with Gasteiger partial charge in [-0.2, -0.15) is 0 Å². The molecule has 0 saturated carbocycles. The minimum absolute atomic E-state index is 0.361. The van der Waals surface area contributed by atoms with E-state index in [0.717, 1.165) is 17.5 Å². The van der Waals surface area contributed by atoms with Crippen LogP contribution in [0.25, 0.3) is 42.0 Å². The van der Waals surface area contributed by atoms with Gasteiger partial charge in [0.25, 0.3) is 0 Å². The summed E-state index contributed by atoms with van der Waals surface area (Å²) in [5.74, 6) is 0.820. The lowest BCUT2D eigenvalue weighted by molar-refractivity contribution is 0.758.